The van der Waals surface area contributed by atoms with Gasteiger partial charge in [0.15, 0.2) is 0 Å². The van der Waals surface area contributed by atoms with Crippen molar-refractivity contribution in [3.8, 4) is 0 Å². The van der Waals surface area contributed by atoms with E-state index in [4.69, 9.17) is 0 Å². The number of nitrogens with zero attached hydrogens (tertiary/aromatic N) is 1. The maximum absolute atomic E-state index is 12.6. The molecule has 1 aliphatic heterocycles. The fraction of sp³-hybridized carbons (Fsp3) is 0.263. The van der Waals surface area contributed by atoms with Crippen LogP contribution in [-0.2, 0) is 10.0 Å². The van der Waals surface area contributed by atoms with Crippen molar-refractivity contribution in [3.05, 3.63) is 59.7 Å². The van der Waals surface area contributed by atoms with E-state index in [0.717, 1.165) is 19.3 Å². The molecule has 142 valence electrons. The number of hydrogen-bond donors (Lipinski definition) is 2. The molecule has 0 aliphatic carbocycles. The quantitative estimate of drug-likeness (QED) is 0.820. The average Bonchev–Trinajstić information content (AvgIpc) is 2.69. The summed E-state index contributed by atoms with van der Waals surface area (Å²) < 4.78 is 26.7. The number of nitrogens with one attached hydrogen (secondary N) is 1. The molecule has 1 fully saturated rings. The van der Waals surface area contributed by atoms with Crippen LogP contribution in [0, 0.1) is 0 Å². The summed E-state index contributed by atoms with van der Waals surface area (Å²) in [4.78, 5) is 23.8. The predicted molar refractivity (Wildman–Crippen MR) is 100 cm³/mol. The third kappa shape index (κ3) is 4.17. The molecule has 7 nitrogen and oxygen atoms in total. The Labute approximate surface area is 157 Å². The van der Waals surface area contributed by atoms with Gasteiger partial charge in [-0.3, -0.25) is 4.79 Å². The van der Waals surface area contributed by atoms with Crippen LogP contribution in [0.15, 0.2) is 53.4 Å². The number of carbonyl (C=O) groups excluding carboxylic acids is 1. The molecule has 3 rings (SSSR count). The summed E-state index contributed by atoms with van der Waals surface area (Å²) in [5, 5.41) is 11.8. The van der Waals surface area contributed by atoms with Gasteiger partial charge >= 0.3 is 5.97 Å². The molecule has 27 heavy (non-hydrogen) atoms. The minimum absolute atomic E-state index is 0.0371. The Kier molecular flexibility index (Phi) is 5.57. The number of sulfonamides is 1. The Bertz CT molecular complexity index is 948. The van der Waals surface area contributed by atoms with Crippen molar-refractivity contribution in [1.29, 1.82) is 0 Å². The monoisotopic (exact) mass is 388 g/mol. The summed E-state index contributed by atoms with van der Waals surface area (Å²) in [6.45, 7) is 1.04. The van der Waals surface area contributed by atoms with Crippen molar-refractivity contribution >= 4 is 27.6 Å². The fourth-order valence-electron chi connectivity index (χ4n) is 3.03. The van der Waals surface area contributed by atoms with Crippen LogP contribution in [0.1, 0.15) is 40.0 Å². The molecule has 1 saturated heterocycles. The smallest absolute Gasteiger partial charge is 0.336 e. The Morgan fingerprint density at radius 3 is 2.07 bits per heavy atom. The van der Waals surface area contributed by atoms with E-state index in [-0.39, 0.29) is 16.0 Å². The van der Waals surface area contributed by atoms with Crippen molar-refractivity contribution in [2.75, 3.05) is 18.4 Å². The molecule has 0 bridgehead atoms. The van der Waals surface area contributed by atoms with Gasteiger partial charge < -0.3 is 10.4 Å². The largest absolute Gasteiger partial charge is 0.478 e. The van der Waals surface area contributed by atoms with Gasteiger partial charge in [0.25, 0.3) is 5.91 Å². The normalized spacial score (nSPS) is 15.3. The van der Waals surface area contributed by atoms with E-state index in [2.05, 4.69) is 5.32 Å². The van der Waals surface area contributed by atoms with Gasteiger partial charge in [-0.2, -0.15) is 4.31 Å². The van der Waals surface area contributed by atoms with Crippen molar-refractivity contribution < 1.29 is 23.1 Å². The minimum atomic E-state index is -3.53. The van der Waals surface area contributed by atoms with E-state index >= 15 is 0 Å². The second kappa shape index (κ2) is 7.89. The van der Waals surface area contributed by atoms with Gasteiger partial charge in [-0.25, -0.2) is 13.2 Å². The summed E-state index contributed by atoms with van der Waals surface area (Å²) in [6, 6.07) is 11.8. The molecule has 0 atom stereocenters. The highest BCUT2D eigenvalue weighted by Gasteiger charge is 2.25. The molecule has 0 radical (unpaired) electrons. The SMILES string of the molecule is O=C(O)c1ccccc1C(=O)Nc1ccc(S(=O)(=O)N2CCCCC2)cc1. The number of aromatic carboxylic acids is 1. The van der Waals surface area contributed by atoms with E-state index in [1.165, 1.54) is 40.7 Å². The molecule has 1 amide bonds. The third-order valence-electron chi connectivity index (χ3n) is 4.47. The highest BCUT2D eigenvalue weighted by molar-refractivity contribution is 7.89. The second-order valence-electron chi connectivity index (χ2n) is 6.29. The van der Waals surface area contributed by atoms with E-state index in [1.807, 2.05) is 0 Å². The summed E-state index contributed by atoms with van der Waals surface area (Å²) in [5.74, 6) is -1.76. The van der Waals surface area contributed by atoms with E-state index in [9.17, 15) is 23.1 Å². The number of carbonyl (C=O) groups is 2. The van der Waals surface area contributed by atoms with Gasteiger partial charge in [0.1, 0.15) is 0 Å². The Hall–Kier alpha value is -2.71. The molecule has 2 N–H and O–H groups in total. The zero-order chi connectivity index (χ0) is 19.4. The molecular weight excluding hydrogens is 368 g/mol. The summed E-state index contributed by atoms with van der Waals surface area (Å²) in [5.41, 5.74) is 0.326. The van der Waals surface area contributed by atoms with E-state index in [1.54, 1.807) is 12.1 Å². The first-order valence-corrected chi connectivity index (χ1v) is 10.1. The number of amides is 1. The van der Waals surface area contributed by atoms with Gasteiger partial charge in [-0.15, -0.1) is 0 Å². The van der Waals surface area contributed by atoms with Crippen LogP contribution in [0.3, 0.4) is 0 Å². The highest BCUT2D eigenvalue weighted by atomic mass is 32.2. The first kappa shape index (κ1) is 19.1. The van der Waals surface area contributed by atoms with Gasteiger partial charge in [-0.1, -0.05) is 18.6 Å². The molecule has 0 saturated carbocycles. The van der Waals surface area contributed by atoms with Gasteiger partial charge in [0.2, 0.25) is 10.0 Å². The summed E-state index contributed by atoms with van der Waals surface area (Å²) in [7, 11) is -3.53. The molecule has 2 aromatic rings. The Morgan fingerprint density at radius 2 is 1.48 bits per heavy atom. The molecule has 0 aromatic heterocycles. The third-order valence-corrected chi connectivity index (χ3v) is 6.38. The lowest BCUT2D eigenvalue weighted by Gasteiger charge is -2.25. The van der Waals surface area contributed by atoms with Crippen molar-refractivity contribution in [3.63, 3.8) is 0 Å². The molecular formula is C19H20N2O5S. The van der Waals surface area contributed by atoms with Crippen molar-refractivity contribution in [1.82, 2.24) is 4.31 Å². The topological polar surface area (TPSA) is 104 Å². The maximum atomic E-state index is 12.6. The number of anilines is 1. The number of benzene rings is 2. The maximum Gasteiger partial charge on any atom is 0.336 e. The molecule has 1 heterocycles. The number of rotatable bonds is 5. The Morgan fingerprint density at radius 1 is 0.889 bits per heavy atom. The Balaban J connectivity index is 1.76. The number of hydrogen-bond acceptors (Lipinski definition) is 4. The van der Waals surface area contributed by atoms with Crippen LogP contribution in [0.5, 0.6) is 0 Å². The number of piperidine rings is 1. The summed E-state index contributed by atoms with van der Waals surface area (Å²) in [6.07, 6.45) is 2.75. The van der Waals surface area contributed by atoms with Crippen LogP contribution in [0.25, 0.3) is 0 Å². The lowest BCUT2D eigenvalue weighted by molar-refractivity contribution is 0.0692. The number of carboxylic acid groups (broad SMARTS) is 1. The first-order chi connectivity index (χ1) is 12.9. The molecule has 0 unspecified atom stereocenters. The minimum Gasteiger partial charge on any atom is -0.478 e. The van der Waals surface area contributed by atoms with Crippen LogP contribution in [-0.4, -0.2) is 42.8 Å². The summed E-state index contributed by atoms with van der Waals surface area (Å²) >= 11 is 0. The standard InChI is InChI=1S/C19H20N2O5S/c22-18(16-6-2-3-7-17(16)19(23)24)20-14-8-10-15(11-9-14)27(25,26)21-12-4-1-5-13-21/h2-3,6-11H,1,4-5,12-13H2,(H,20,22)(H,23,24). The van der Waals surface area contributed by atoms with Gasteiger partial charge in [0, 0.05) is 18.8 Å². The van der Waals surface area contributed by atoms with Crippen molar-refractivity contribution in [2.45, 2.75) is 24.2 Å². The molecule has 2 aromatic carbocycles. The van der Waals surface area contributed by atoms with Crippen LogP contribution in [0.2, 0.25) is 0 Å². The first-order valence-electron chi connectivity index (χ1n) is 8.63. The van der Waals surface area contributed by atoms with E-state index < -0.39 is 21.9 Å². The zero-order valence-electron chi connectivity index (χ0n) is 14.6. The van der Waals surface area contributed by atoms with Gasteiger partial charge in [0.05, 0.1) is 16.0 Å². The molecule has 8 heteroatoms. The van der Waals surface area contributed by atoms with Crippen molar-refractivity contribution in [2.24, 2.45) is 0 Å². The lowest BCUT2D eigenvalue weighted by atomic mass is 10.1. The predicted octanol–water partition coefficient (Wildman–Crippen LogP) is 2.81. The van der Waals surface area contributed by atoms with Gasteiger partial charge in [-0.05, 0) is 49.2 Å². The lowest BCUT2D eigenvalue weighted by Crippen LogP contribution is -2.35. The molecule has 0 spiro atoms. The fourth-order valence-corrected chi connectivity index (χ4v) is 4.55. The van der Waals surface area contributed by atoms with E-state index in [0.29, 0.717) is 18.8 Å². The number of carboxylic acids is 1. The van der Waals surface area contributed by atoms with Crippen LogP contribution >= 0.6 is 0 Å². The second-order valence-corrected chi connectivity index (χ2v) is 8.23. The average molecular weight is 388 g/mol. The highest BCUT2D eigenvalue weighted by Crippen LogP contribution is 2.22. The van der Waals surface area contributed by atoms with Crippen LogP contribution < -0.4 is 5.32 Å². The molecule has 1 aliphatic rings. The van der Waals surface area contributed by atoms with Crippen LogP contribution in [0.4, 0.5) is 5.69 Å². The zero-order valence-corrected chi connectivity index (χ0v) is 15.4.